The molecule has 0 saturated carbocycles. The Morgan fingerprint density at radius 1 is 1.12 bits per heavy atom. The number of benzene rings is 2. The lowest BCUT2D eigenvalue weighted by Gasteiger charge is -2.29. The van der Waals surface area contributed by atoms with Crippen molar-refractivity contribution in [2.45, 2.75) is 12.5 Å². The van der Waals surface area contributed by atoms with Crippen LogP contribution in [0.25, 0.3) is 0 Å². The first kappa shape index (κ1) is 17.5. The molecule has 2 heterocycles. The van der Waals surface area contributed by atoms with E-state index in [-0.39, 0.29) is 16.8 Å². The fourth-order valence-electron chi connectivity index (χ4n) is 3.33. The zero-order valence-electron chi connectivity index (χ0n) is 14.1. The van der Waals surface area contributed by atoms with Gasteiger partial charge in [0.25, 0.3) is 0 Å². The van der Waals surface area contributed by atoms with Crippen LogP contribution in [0.4, 0.5) is 5.69 Å². The highest BCUT2D eigenvalue weighted by Crippen LogP contribution is 2.35. The molecule has 0 aromatic heterocycles. The van der Waals surface area contributed by atoms with Gasteiger partial charge in [-0.3, -0.25) is 0 Å². The van der Waals surface area contributed by atoms with Gasteiger partial charge in [-0.1, -0.05) is 35.3 Å². The van der Waals surface area contributed by atoms with Gasteiger partial charge in [0, 0.05) is 35.8 Å². The molecule has 2 aromatic carbocycles. The van der Waals surface area contributed by atoms with E-state index in [1.807, 2.05) is 0 Å². The van der Waals surface area contributed by atoms with Crippen LogP contribution < -0.4 is 10.3 Å². The monoisotopic (exact) mass is 391 g/mol. The van der Waals surface area contributed by atoms with Crippen molar-refractivity contribution in [3.63, 3.8) is 0 Å². The van der Waals surface area contributed by atoms with E-state index < -0.39 is 0 Å². The van der Waals surface area contributed by atoms with Crippen LogP contribution >= 0.6 is 23.2 Å². The number of ether oxygens (including phenoxy) is 1. The number of hydrogen-bond donors (Lipinski definition) is 2. The van der Waals surface area contributed by atoms with Crippen LogP contribution in [-0.4, -0.2) is 37.1 Å². The Labute approximate surface area is 162 Å². The van der Waals surface area contributed by atoms with E-state index in [1.54, 1.807) is 6.07 Å². The van der Waals surface area contributed by atoms with Gasteiger partial charge in [-0.2, -0.15) is 5.10 Å². The Bertz CT molecular complexity index is 833. The number of anilines is 1. The Hall–Kier alpha value is -1.95. The summed E-state index contributed by atoms with van der Waals surface area (Å²) in [6.45, 7) is 3.38. The summed E-state index contributed by atoms with van der Waals surface area (Å²) in [4.78, 5) is 2.32. The smallest absolute Gasteiger partial charge is 0.143 e. The second kappa shape index (κ2) is 7.35. The fraction of sp³-hybridized carbons (Fsp3) is 0.316. The maximum Gasteiger partial charge on any atom is 0.143 e. The number of phenols is 1. The number of aromatic hydroxyl groups is 1. The van der Waals surface area contributed by atoms with E-state index in [2.05, 4.69) is 39.7 Å². The Morgan fingerprint density at radius 2 is 1.85 bits per heavy atom. The Kier molecular flexibility index (Phi) is 4.94. The van der Waals surface area contributed by atoms with E-state index in [9.17, 15) is 5.11 Å². The number of phenolic OH excluding ortho intramolecular Hbond substituents is 1. The SMILES string of the molecule is Oc1c(Cl)cc(Cl)cc1C1=NNC(c2ccc(N3CCOCC3)cc2)C1. The molecule has 2 aromatic rings. The van der Waals surface area contributed by atoms with Crippen molar-refractivity contribution >= 4 is 34.6 Å². The Balaban J connectivity index is 1.48. The first-order chi connectivity index (χ1) is 12.6. The van der Waals surface area contributed by atoms with Gasteiger partial charge in [-0.25, -0.2) is 0 Å². The molecule has 0 spiro atoms. The van der Waals surface area contributed by atoms with Gasteiger partial charge < -0.3 is 20.2 Å². The third-order valence-corrected chi connectivity index (χ3v) is 5.27. The lowest BCUT2D eigenvalue weighted by Crippen LogP contribution is -2.36. The van der Waals surface area contributed by atoms with Gasteiger partial charge in [0.1, 0.15) is 5.75 Å². The van der Waals surface area contributed by atoms with Crippen molar-refractivity contribution in [3.05, 3.63) is 57.6 Å². The first-order valence-electron chi connectivity index (χ1n) is 8.55. The number of nitrogens with one attached hydrogen (secondary N) is 1. The summed E-state index contributed by atoms with van der Waals surface area (Å²) in [5.74, 6) is 0.0138. The van der Waals surface area contributed by atoms with Crippen molar-refractivity contribution in [3.8, 4) is 5.75 Å². The molecule has 5 nitrogen and oxygen atoms in total. The number of nitrogens with zero attached hydrogens (tertiary/aromatic N) is 2. The molecular formula is C19H19Cl2N3O2. The lowest BCUT2D eigenvalue weighted by atomic mass is 9.98. The second-order valence-electron chi connectivity index (χ2n) is 6.42. The summed E-state index contributed by atoms with van der Waals surface area (Å²) in [5.41, 5.74) is 6.81. The van der Waals surface area contributed by atoms with E-state index in [4.69, 9.17) is 27.9 Å². The summed E-state index contributed by atoms with van der Waals surface area (Å²) < 4.78 is 5.40. The quantitative estimate of drug-likeness (QED) is 0.830. The highest BCUT2D eigenvalue weighted by atomic mass is 35.5. The van der Waals surface area contributed by atoms with Crippen LogP contribution in [0.1, 0.15) is 23.6 Å². The van der Waals surface area contributed by atoms with Crippen LogP contribution in [0.3, 0.4) is 0 Å². The van der Waals surface area contributed by atoms with E-state index in [0.29, 0.717) is 17.0 Å². The molecule has 1 fully saturated rings. The van der Waals surface area contributed by atoms with Crippen molar-refractivity contribution in [2.75, 3.05) is 31.2 Å². The van der Waals surface area contributed by atoms with E-state index in [0.717, 1.165) is 37.6 Å². The molecule has 1 atom stereocenters. The van der Waals surface area contributed by atoms with Crippen LogP contribution in [0.5, 0.6) is 5.75 Å². The summed E-state index contributed by atoms with van der Waals surface area (Å²) in [7, 11) is 0. The molecule has 2 N–H and O–H groups in total. The number of rotatable bonds is 3. The van der Waals surface area contributed by atoms with Gasteiger partial charge in [-0.15, -0.1) is 0 Å². The van der Waals surface area contributed by atoms with E-state index >= 15 is 0 Å². The third-order valence-electron chi connectivity index (χ3n) is 4.76. The summed E-state index contributed by atoms with van der Waals surface area (Å²) in [6.07, 6.45) is 0.654. The molecule has 0 aliphatic carbocycles. The van der Waals surface area contributed by atoms with Crippen molar-refractivity contribution in [1.82, 2.24) is 5.43 Å². The highest BCUT2D eigenvalue weighted by Gasteiger charge is 2.24. The Morgan fingerprint density at radius 3 is 2.58 bits per heavy atom. The zero-order valence-corrected chi connectivity index (χ0v) is 15.6. The topological polar surface area (TPSA) is 57.1 Å². The van der Waals surface area contributed by atoms with Crippen LogP contribution in [0.2, 0.25) is 10.0 Å². The largest absolute Gasteiger partial charge is 0.506 e. The predicted molar refractivity (Wildman–Crippen MR) is 105 cm³/mol. The minimum absolute atomic E-state index is 0.0138. The van der Waals surface area contributed by atoms with Gasteiger partial charge in [-0.05, 0) is 29.8 Å². The molecule has 2 aliphatic heterocycles. The maximum atomic E-state index is 10.2. The van der Waals surface area contributed by atoms with Gasteiger partial charge in [0.05, 0.1) is 30.0 Å². The molecule has 1 unspecified atom stereocenters. The minimum Gasteiger partial charge on any atom is -0.506 e. The molecule has 4 rings (SSSR count). The molecule has 2 aliphatic rings. The molecule has 136 valence electrons. The fourth-order valence-corrected chi connectivity index (χ4v) is 3.82. The average molecular weight is 392 g/mol. The van der Waals surface area contributed by atoms with Crippen LogP contribution in [-0.2, 0) is 4.74 Å². The molecule has 26 heavy (non-hydrogen) atoms. The number of hydrazone groups is 1. The third kappa shape index (κ3) is 3.47. The molecule has 1 saturated heterocycles. The molecule has 7 heteroatoms. The zero-order chi connectivity index (χ0) is 18.1. The summed E-state index contributed by atoms with van der Waals surface area (Å²) >= 11 is 12.1. The van der Waals surface area contributed by atoms with Gasteiger partial charge >= 0.3 is 0 Å². The average Bonchev–Trinajstić information content (AvgIpc) is 3.15. The van der Waals surface area contributed by atoms with Crippen LogP contribution in [0, 0.1) is 0 Å². The second-order valence-corrected chi connectivity index (χ2v) is 7.26. The first-order valence-corrected chi connectivity index (χ1v) is 9.30. The van der Waals surface area contributed by atoms with Crippen molar-refractivity contribution in [1.29, 1.82) is 0 Å². The van der Waals surface area contributed by atoms with Crippen molar-refractivity contribution in [2.24, 2.45) is 5.10 Å². The molecule has 0 radical (unpaired) electrons. The number of morpholine rings is 1. The maximum absolute atomic E-state index is 10.2. The molecular weight excluding hydrogens is 373 g/mol. The normalized spacial score (nSPS) is 20.0. The number of halogens is 2. The van der Waals surface area contributed by atoms with Crippen molar-refractivity contribution < 1.29 is 9.84 Å². The molecule has 0 amide bonds. The standard InChI is InChI=1S/C19H19Cl2N3O2/c20-13-9-15(19(25)16(21)10-13)18-11-17(22-23-18)12-1-3-14(4-2-12)24-5-7-26-8-6-24/h1-4,9-10,17,22,25H,5-8,11H2. The van der Waals surface area contributed by atoms with Crippen LogP contribution in [0.15, 0.2) is 41.5 Å². The summed E-state index contributed by atoms with van der Waals surface area (Å²) in [6, 6.07) is 11.8. The molecule has 0 bridgehead atoms. The van der Waals surface area contributed by atoms with E-state index in [1.165, 1.54) is 11.8 Å². The number of hydrogen-bond acceptors (Lipinski definition) is 5. The summed E-state index contributed by atoms with van der Waals surface area (Å²) in [5, 5.41) is 15.3. The minimum atomic E-state index is 0.0138. The highest BCUT2D eigenvalue weighted by molar-refractivity contribution is 6.36. The predicted octanol–water partition coefficient (Wildman–Crippen LogP) is 3.97. The van der Waals surface area contributed by atoms with Gasteiger partial charge in [0.15, 0.2) is 0 Å². The van der Waals surface area contributed by atoms with Gasteiger partial charge in [0.2, 0.25) is 0 Å². The lowest BCUT2D eigenvalue weighted by molar-refractivity contribution is 0.122.